The molecule has 2 N–H and O–H groups in total. The SMILES string of the molecule is O=C(NCC(F)C(F)(F)F)C1[C@@H]2CNC[C@H]1C2. The zero-order valence-corrected chi connectivity index (χ0v) is 9.06. The summed E-state index contributed by atoms with van der Waals surface area (Å²) in [6, 6.07) is 0. The molecule has 0 aromatic rings. The Balaban J connectivity index is 1.78. The third-order valence-electron chi connectivity index (χ3n) is 3.55. The average Bonchev–Trinajstić information content (AvgIpc) is 2.25. The van der Waals surface area contributed by atoms with E-state index in [4.69, 9.17) is 0 Å². The number of carbonyl (C=O) groups excluding carboxylic acids is 1. The minimum absolute atomic E-state index is 0.192. The zero-order chi connectivity index (χ0) is 12.6. The smallest absolute Gasteiger partial charge is 0.353 e. The van der Waals surface area contributed by atoms with Gasteiger partial charge in [-0.05, 0) is 31.3 Å². The molecular formula is C10H14F4N2O. The van der Waals surface area contributed by atoms with Crippen LogP contribution in [0.15, 0.2) is 0 Å². The molecule has 2 saturated heterocycles. The van der Waals surface area contributed by atoms with Gasteiger partial charge in [-0.1, -0.05) is 0 Å². The van der Waals surface area contributed by atoms with Crippen LogP contribution < -0.4 is 10.6 Å². The Morgan fingerprint density at radius 2 is 1.94 bits per heavy atom. The van der Waals surface area contributed by atoms with E-state index in [1.54, 1.807) is 0 Å². The van der Waals surface area contributed by atoms with Crippen LogP contribution in [0.25, 0.3) is 0 Å². The van der Waals surface area contributed by atoms with E-state index < -0.39 is 24.8 Å². The molecule has 17 heavy (non-hydrogen) atoms. The van der Waals surface area contributed by atoms with Gasteiger partial charge in [-0.2, -0.15) is 13.2 Å². The Kier molecular flexibility index (Phi) is 3.29. The van der Waals surface area contributed by atoms with Gasteiger partial charge in [0.2, 0.25) is 12.1 Å². The van der Waals surface area contributed by atoms with Crippen molar-refractivity contribution in [2.45, 2.75) is 18.8 Å². The first-order valence-electron chi connectivity index (χ1n) is 5.59. The molecule has 98 valence electrons. The molecular weight excluding hydrogens is 240 g/mol. The van der Waals surface area contributed by atoms with Gasteiger partial charge in [0.25, 0.3) is 0 Å². The van der Waals surface area contributed by atoms with Gasteiger partial charge < -0.3 is 10.6 Å². The number of hydrogen-bond donors (Lipinski definition) is 2. The van der Waals surface area contributed by atoms with E-state index in [0.29, 0.717) is 13.1 Å². The van der Waals surface area contributed by atoms with Crippen LogP contribution in [0.3, 0.4) is 0 Å². The van der Waals surface area contributed by atoms with Gasteiger partial charge in [0.1, 0.15) is 0 Å². The van der Waals surface area contributed by atoms with Crippen LogP contribution in [0.5, 0.6) is 0 Å². The van der Waals surface area contributed by atoms with Crippen LogP contribution in [0.4, 0.5) is 17.6 Å². The van der Waals surface area contributed by atoms with E-state index in [0.717, 1.165) is 6.42 Å². The maximum atomic E-state index is 12.6. The molecule has 2 bridgehead atoms. The summed E-state index contributed by atoms with van der Waals surface area (Å²) in [7, 11) is 0. The molecule has 1 aliphatic carbocycles. The van der Waals surface area contributed by atoms with Gasteiger partial charge in [-0.15, -0.1) is 0 Å². The van der Waals surface area contributed by atoms with Crippen LogP contribution in [0.2, 0.25) is 0 Å². The summed E-state index contributed by atoms with van der Waals surface area (Å²) in [5, 5.41) is 5.18. The maximum Gasteiger partial charge on any atom is 0.421 e. The summed E-state index contributed by atoms with van der Waals surface area (Å²) in [6.45, 7) is 0.450. The monoisotopic (exact) mass is 254 g/mol. The lowest BCUT2D eigenvalue weighted by Gasteiger charge is -2.48. The van der Waals surface area contributed by atoms with Crippen molar-refractivity contribution in [2.75, 3.05) is 19.6 Å². The maximum absolute atomic E-state index is 12.6. The van der Waals surface area contributed by atoms with Crippen LogP contribution in [0, 0.1) is 17.8 Å². The second-order valence-electron chi connectivity index (χ2n) is 4.69. The first kappa shape index (κ1) is 12.6. The summed E-state index contributed by atoms with van der Waals surface area (Å²) in [6.07, 6.45) is -6.95. The summed E-state index contributed by atoms with van der Waals surface area (Å²) in [5.41, 5.74) is 0. The Morgan fingerprint density at radius 3 is 2.41 bits per heavy atom. The third-order valence-corrected chi connectivity index (χ3v) is 3.55. The molecule has 0 aromatic heterocycles. The molecule has 1 amide bonds. The summed E-state index contributed by atoms with van der Waals surface area (Å²) >= 11 is 0. The molecule has 3 aliphatic rings. The van der Waals surface area contributed by atoms with Crippen molar-refractivity contribution in [3.63, 3.8) is 0 Å². The van der Waals surface area contributed by atoms with Crippen molar-refractivity contribution >= 4 is 5.91 Å². The fourth-order valence-electron chi connectivity index (χ4n) is 2.60. The van der Waals surface area contributed by atoms with Gasteiger partial charge in [0.05, 0.1) is 6.54 Å². The van der Waals surface area contributed by atoms with E-state index in [-0.39, 0.29) is 17.8 Å². The molecule has 7 heteroatoms. The topological polar surface area (TPSA) is 41.1 Å². The molecule has 3 fully saturated rings. The Bertz CT molecular complexity index is 293. The molecule has 0 aromatic carbocycles. The first-order valence-corrected chi connectivity index (χ1v) is 5.59. The van der Waals surface area contributed by atoms with Gasteiger partial charge in [-0.3, -0.25) is 4.79 Å². The van der Waals surface area contributed by atoms with Crippen molar-refractivity contribution < 1.29 is 22.4 Å². The van der Waals surface area contributed by atoms with Crippen molar-refractivity contribution in [1.29, 1.82) is 0 Å². The van der Waals surface area contributed by atoms with Gasteiger partial charge >= 0.3 is 6.18 Å². The normalized spacial score (nSPS) is 33.8. The number of amides is 1. The minimum Gasteiger partial charge on any atom is -0.353 e. The number of nitrogens with one attached hydrogen (secondary N) is 2. The van der Waals surface area contributed by atoms with Crippen molar-refractivity contribution in [3.8, 4) is 0 Å². The lowest BCUT2D eigenvalue weighted by Crippen LogP contribution is -2.59. The van der Waals surface area contributed by atoms with E-state index in [1.165, 1.54) is 0 Å². The molecule has 2 unspecified atom stereocenters. The Labute approximate surface area is 95.9 Å². The molecule has 0 radical (unpaired) electrons. The molecule has 2 heterocycles. The van der Waals surface area contributed by atoms with Gasteiger partial charge in [0, 0.05) is 5.92 Å². The second-order valence-corrected chi connectivity index (χ2v) is 4.69. The first-order chi connectivity index (χ1) is 7.89. The molecule has 3 nitrogen and oxygen atoms in total. The predicted molar refractivity (Wildman–Crippen MR) is 51.9 cm³/mol. The van der Waals surface area contributed by atoms with E-state index in [2.05, 4.69) is 10.6 Å². The van der Waals surface area contributed by atoms with Crippen LogP contribution in [-0.2, 0) is 4.79 Å². The van der Waals surface area contributed by atoms with Gasteiger partial charge in [0.15, 0.2) is 0 Å². The fraction of sp³-hybridized carbons (Fsp3) is 0.900. The van der Waals surface area contributed by atoms with Crippen molar-refractivity contribution in [2.24, 2.45) is 17.8 Å². The fourth-order valence-corrected chi connectivity index (χ4v) is 2.60. The molecule has 0 spiro atoms. The number of alkyl halides is 4. The standard InChI is InChI=1S/C10H14F4N2O/c11-7(10(12,13)14)4-16-9(17)8-5-1-6(8)3-15-2-5/h5-8,15H,1-4H2,(H,16,17)/t5-,6+,7?,8?. The molecule has 3 rings (SSSR count). The number of rotatable bonds is 3. The molecule has 2 aliphatic heterocycles. The number of fused-ring (bicyclic) bond motifs is 2. The van der Waals surface area contributed by atoms with Crippen LogP contribution in [-0.4, -0.2) is 37.9 Å². The summed E-state index contributed by atoms with van der Waals surface area (Å²) < 4.78 is 48.3. The predicted octanol–water partition coefficient (Wildman–Crippen LogP) is 0.858. The highest BCUT2D eigenvalue weighted by atomic mass is 19.4. The minimum atomic E-state index is -4.90. The number of halogens is 4. The molecule has 4 atom stereocenters. The summed E-state index contributed by atoms with van der Waals surface area (Å²) in [4.78, 5) is 11.6. The highest BCUT2D eigenvalue weighted by Gasteiger charge is 2.48. The van der Waals surface area contributed by atoms with Crippen LogP contribution in [0.1, 0.15) is 6.42 Å². The lowest BCUT2D eigenvalue weighted by atomic mass is 9.62. The number of hydrogen-bond acceptors (Lipinski definition) is 2. The summed E-state index contributed by atoms with van der Waals surface area (Å²) in [5.74, 6) is -0.299. The highest BCUT2D eigenvalue weighted by molar-refractivity contribution is 5.80. The quantitative estimate of drug-likeness (QED) is 0.733. The van der Waals surface area contributed by atoms with E-state index in [1.807, 2.05) is 0 Å². The second kappa shape index (κ2) is 4.44. The van der Waals surface area contributed by atoms with Crippen molar-refractivity contribution in [3.05, 3.63) is 0 Å². The number of carbonyl (C=O) groups is 1. The van der Waals surface area contributed by atoms with E-state index in [9.17, 15) is 22.4 Å². The zero-order valence-electron chi connectivity index (χ0n) is 9.06. The largest absolute Gasteiger partial charge is 0.421 e. The number of piperidine rings is 2. The highest BCUT2D eigenvalue weighted by Crippen LogP contribution is 2.42. The lowest BCUT2D eigenvalue weighted by molar-refractivity contribution is -0.179. The van der Waals surface area contributed by atoms with Crippen LogP contribution >= 0.6 is 0 Å². The van der Waals surface area contributed by atoms with E-state index >= 15 is 0 Å². The average molecular weight is 254 g/mol. The Morgan fingerprint density at radius 1 is 1.35 bits per heavy atom. The van der Waals surface area contributed by atoms with Crippen molar-refractivity contribution in [1.82, 2.24) is 10.6 Å². The van der Waals surface area contributed by atoms with Gasteiger partial charge in [-0.25, -0.2) is 4.39 Å². The Hall–Kier alpha value is -0.850. The third kappa shape index (κ3) is 2.53. The molecule has 1 saturated carbocycles.